The largest absolute Gasteiger partial charge is 0.461 e. The molecule has 0 aliphatic carbocycles. The molecule has 0 aliphatic heterocycles. The Bertz CT molecular complexity index is 674. The molecule has 0 fully saturated rings. The highest BCUT2D eigenvalue weighted by molar-refractivity contribution is 5.82. The molecule has 0 bridgehead atoms. The van der Waals surface area contributed by atoms with E-state index in [2.05, 4.69) is 14.8 Å². The van der Waals surface area contributed by atoms with Gasteiger partial charge in [-0.3, -0.25) is 0 Å². The van der Waals surface area contributed by atoms with Gasteiger partial charge in [0.05, 0.1) is 23.9 Å². The van der Waals surface area contributed by atoms with Crippen LogP contribution >= 0.6 is 0 Å². The van der Waals surface area contributed by atoms with Crippen molar-refractivity contribution in [2.45, 2.75) is 0 Å². The van der Waals surface area contributed by atoms with E-state index >= 15 is 0 Å². The summed E-state index contributed by atoms with van der Waals surface area (Å²) < 4.78 is 5.25. The lowest BCUT2D eigenvalue weighted by Gasteiger charge is -1.87. The molecule has 3 rings (SSSR count). The molecule has 0 saturated carbocycles. The Morgan fingerprint density at radius 2 is 2.25 bits per heavy atom. The predicted molar refractivity (Wildman–Crippen MR) is 60.1 cm³/mol. The van der Waals surface area contributed by atoms with Crippen molar-refractivity contribution in [2.24, 2.45) is 0 Å². The zero-order valence-electron chi connectivity index (χ0n) is 8.27. The van der Waals surface area contributed by atoms with Gasteiger partial charge in [0.15, 0.2) is 17.3 Å². The Hall–Kier alpha value is -2.54. The second-order valence-electron chi connectivity index (χ2n) is 3.38. The molecular formula is C12H7N3O. The molecule has 0 radical (unpaired) electrons. The van der Waals surface area contributed by atoms with Crippen LogP contribution in [0.5, 0.6) is 0 Å². The Labute approximate surface area is 91.4 Å². The molecule has 0 unspecified atom stereocenters. The number of imidazole rings is 1. The molecule has 3 aromatic rings. The monoisotopic (exact) mass is 209 g/mol. The second kappa shape index (κ2) is 3.24. The standard InChI is InChI=1S/C12H7N3O/c1-13-8-4-5-9-10(7-8)15-12(14-9)11-3-2-6-16-11/h2-7H,(H,14,15). The third-order valence-electron chi connectivity index (χ3n) is 2.35. The lowest BCUT2D eigenvalue weighted by molar-refractivity contribution is 0.578. The van der Waals surface area contributed by atoms with E-state index in [4.69, 9.17) is 11.0 Å². The van der Waals surface area contributed by atoms with Crippen LogP contribution < -0.4 is 0 Å². The number of nitrogens with zero attached hydrogens (tertiary/aromatic N) is 2. The zero-order chi connectivity index (χ0) is 11.0. The van der Waals surface area contributed by atoms with Crippen LogP contribution in [0.3, 0.4) is 0 Å². The smallest absolute Gasteiger partial charge is 0.189 e. The van der Waals surface area contributed by atoms with Crippen LogP contribution in [0.1, 0.15) is 0 Å². The van der Waals surface area contributed by atoms with Gasteiger partial charge in [-0.05, 0) is 24.3 Å². The maximum absolute atomic E-state index is 6.94. The summed E-state index contributed by atoms with van der Waals surface area (Å²) in [4.78, 5) is 10.9. The quantitative estimate of drug-likeness (QED) is 0.624. The van der Waals surface area contributed by atoms with E-state index < -0.39 is 0 Å². The number of H-pyrrole nitrogens is 1. The van der Waals surface area contributed by atoms with Crippen molar-refractivity contribution in [3.63, 3.8) is 0 Å². The SMILES string of the molecule is [C-]#[N+]c1ccc2nc(-c3ccco3)[nH]c2c1. The van der Waals surface area contributed by atoms with Gasteiger partial charge in [-0.2, -0.15) is 0 Å². The van der Waals surface area contributed by atoms with Gasteiger partial charge in [0.1, 0.15) is 0 Å². The first kappa shape index (κ1) is 8.74. The molecule has 2 aromatic heterocycles. The summed E-state index contributed by atoms with van der Waals surface area (Å²) in [6.07, 6.45) is 1.60. The number of nitrogens with one attached hydrogen (secondary N) is 1. The number of furan rings is 1. The highest BCUT2D eigenvalue weighted by Gasteiger charge is 2.07. The number of hydrogen-bond donors (Lipinski definition) is 1. The minimum atomic E-state index is 0.599. The first-order valence-electron chi connectivity index (χ1n) is 4.78. The van der Waals surface area contributed by atoms with Crippen molar-refractivity contribution in [2.75, 3.05) is 0 Å². The maximum atomic E-state index is 6.94. The maximum Gasteiger partial charge on any atom is 0.189 e. The lowest BCUT2D eigenvalue weighted by atomic mass is 10.3. The molecule has 0 spiro atoms. The van der Waals surface area contributed by atoms with Crippen molar-refractivity contribution in [1.82, 2.24) is 9.97 Å². The fraction of sp³-hybridized carbons (Fsp3) is 0. The summed E-state index contributed by atoms with van der Waals surface area (Å²) in [5, 5.41) is 0. The van der Waals surface area contributed by atoms with E-state index in [-0.39, 0.29) is 0 Å². The van der Waals surface area contributed by atoms with E-state index in [1.54, 1.807) is 18.4 Å². The van der Waals surface area contributed by atoms with Crippen LogP contribution in [0.25, 0.3) is 27.5 Å². The van der Waals surface area contributed by atoms with E-state index in [9.17, 15) is 0 Å². The highest BCUT2D eigenvalue weighted by atomic mass is 16.3. The molecular weight excluding hydrogens is 202 g/mol. The third-order valence-corrected chi connectivity index (χ3v) is 2.35. The van der Waals surface area contributed by atoms with Crippen molar-refractivity contribution < 1.29 is 4.42 Å². The predicted octanol–water partition coefficient (Wildman–Crippen LogP) is 3.37. The van der Waals surface area contributed by atoms with Crippen molar-refractivity contribution in [3.8, 4) is 11.6 Å². The zero-order valence-corrected chi connectivity index (χ0v) is 8.27. The van der Waals surface area contributed by atoms with Gasteiger partial charge >= 0.3 is 0 Å². The van der Waals surface area contributed by atoms with Crippen LogP contribution in [-0.4, -0.2) is 9.97 Å². The summed E-state index contributed by atoms with van der Waals surface area (Å²) in [5.74, 6) is 1.38. The molecule has 76 valence electrons. The first-order chi connectivity index (χ1) is 7.86. The third kappa shape index (κ3) is 1.27. The molecule has 4 nitrogen and oxygen atoms in total. The fourth-order valence-electron chi connectivity index (χ4n) is 1.60. The van der Waals surface area contributed by atoms with E-state index in [1.807, 2.05) is 18.2 Å². The number of aromatic nitrogens is 2. The van der Waals surface area contributed by atoms with Crippen molar-refractivity contribution in [3.05, 3.63) is 48.0 Å². The summed E-state index contributed by atoms with van der Waals surface area (Å²) >= 11 is 0. The summed E-state index contributed by atoms with van der Waals surface area (Å²) in [6.45, 7) is 6.94. The summed E-state index contributed by atoms with van der Waals surface area (Å²) in [6, 6.07) is 9.01. The second-order valence-corrected chi connectivity index (χ2v) is 3.38. The fourth-order valence-corrected chi connectivity index (χ4v) is 1.60. The summed E-state index contributed by atoms with van der Waals surface area (Å²) in [5.41, 5.74) is 2.28. The Balaban J connectivity index is 2.20. The van der Waals surface area contributed by atoms with Gasteiger partial charge in [-0.25, -0.2) is 9.83 Å². The number of aromatic amines is 1. The minimum absolute atomic E-state index is 0.599. The van der Waals surface area contributed by atoms with Crippen molar-refractivity contribution in [1.29, 1.82) is 0 Å². The summed E-state index contributed by atoms with van der Waals surface area (Å²) in [7, 11) is 0. The van der Waals surface area contributed by atoms with Crippen LogP contribution in [0.2, 0.25) is 0 Å². The minimum Gasteiger partial charge on any atom is -0.461 e. The van der Waals surface area contributed by atoms with E-state index in [1.165, 1.54) is 0 Å². The average Bonchev–Trinajstić information content (AvgIpc) is 2.96. The molecule has 0 saturated heterocycles. The molecule has 1 N–H and O–H groups in total. The number of benzene rings is 1. The normalized spacial score (nSPS) is 10.4. The Kier molecular flexibility index (Phi) is 1.77. The lowest BCUT2D eigenvalue weighted by Crippen LogP contribution is -1.73. The van der Waals surface area contributed by atoms with Gasteiger partial charge in [0, 0.05) is 0 Å². The van der Waals surface area contributed by atoms with Crippen molar-refractivity contribution >= 4 is 16.7 Å². The highest BCUT2D eigenvalue weighted by Crippen LogP contribution is 2.23. The molecule has 0 atom stereocenters. The van der Waals surface area contributed by atoms with Gasteiger partial charge in [0.2, 0.25) is 0 Å². The van der Waals surface area contributed by atoms with Gasteiger partial charge in [-0.15, -0.1) is 0 Å². The van der Waals surface area contributed by atoms with Crippen LogP contribution in [0, 0.1) is 6.57 Å². The average molecular weight is 209 g/mol. The molecule has 4 heteroatoms. The number of rotatable bonds is 1. The number of fused-ring (bicyclic) bond motifs is 1. The molecule has 0 amide bonds. The van der Waals surface area contributed by atoms with Crippen LogP contribution in [0.15, 0.2) is 41.0 Å². The molecule has 2 heterocycles. The van der Waals surface area contributed by atoms with Gasteiger partial charge in [-0.1, -0.05) is 6.07 Å². The molecule has 1 aromatic carbocycles. The Morgan fingerprint density at radius 1 is 1.31 bits per heavy atom. The first-order valence-corrected chi connectivity index (χ1v) is 4.78. The van der Waals surface area contributed by atoms with E-state index in [0.29, 0.717) is 17.3 Å². The number of hydrogen-bond acceptors (Lipinski definition) is 2. The topological polar surface area (TPSA) is 46.2 Å². The molecule has 0 aliphatic rings. The van der Waals surface area contributed by atoms with Crippen LogP contribution in [0.4, 0.5) is 5.69 Å². The van der Waals surface area contributed by atoms with Crippen LogP contribution in [-0.2, 0) is 0 Å². The van der Waals surface area contributed by atoms with Gasteiger partial charge < -0.3 is 9.40 Å². The molecule has 16 heavy (non-hydrogen) atoms. The Morgan fingerprint density at radius 3 is 3.00 bits per heavy atom. The van der Waals surface area contributed by atoms with E-state index in [0.717, 1.165) is 11.0 Å². The van der Waals surface area contributed by atoms with Gasteiger partial charge in [0.25, 0.3) is 0 Å².